The number of hydrogen-bond acceptors (Lipinski definition) is 3. The van der Waals surface area contributed by atoms with Crippen LogP contribution in [-0.4, -0.2) is 32.2 Å². The molecule has 1 aromatic carbocycles. The number of rotatable bonds is 3. The molecule has 0 saturated heterocycles. The smallest absolute Gasteiger partial charge is 0.338 e. The summed E-state index contributed by atoms with van der Waals surface area (Å²) in [5.74, 6) is -0.900. The molecule has 0 unspecified atom stereocenters. The van der Waals surface area contributed by atoms with Crippen molar-refractivity contribution in [2.45, 2.75) is 32.5 Å². The second-order valence-corrected chi connectivity index (χ2v) is 7.10. The molecule has 1 amide bonds. The molecule has 3 aromatic rings. The van der Waals surface area contributed by atoms with E-state index in [1.807, 2.05) is 5.32 Å². The lowest BCUT2D eigenvalue weighted by Crippen LogP contribution is -2.54. The van der Waals surface area contributed by atoms with E-state index >= 15 is 0 Å². The number of nitrogens with one attached hydrogen (secondary N) is 1. The summed E-state index contributed by atoms with van der Waals surface area (Å²) in [5.41, 5.74) is -0.343. The Morgan fingerprint density at radius 1 is 1.22 bits per heavy atom. The van der Waals surface area contributed by atoms with Crippen LogP contribution < -0.4 is 5.32 Å². The van der Waals surface area contributed by atoms with Crippen molar-refractivity contribution in [3.8, 4) is 11.3 Å². The fraction of sp³-hybridized carbons (Fsp3) is 0.278. The molecule has 0 spiro atoms. The van der Waals surface area contributed by atoms with Gasteiger partial charge in [-0.05, 0) is 39.0 Å². The molecule has 142 valence electrons. The number of aromatic nitrogens is 3. The molecule has 3 rings (SSSR count). The third-order valence-electron chi connectivity index (χ3n) is 4.15. The van der Waals surface area contributed by atoms with Crippen LogP contribution in [0.25, 0.3) is 16.9 Å². The van der Waals surface area contributed by atoms with Gasteiger partial charge in [-0.3, -0.25) is 4.79 Å². The van der Waals surface area contributed by atoms with E-state index in [1.165, 1.54) is 10.7 Å². The van der Waals surface area contributed by atoms with Gasteiger partial charge in [-0.25, -0.2) is 9.50 Å². The van der Waals surface area contributed by atoms with E-state index in [4.69, 9.17) is 11.6 Å². The number of fused-ring (bicyclic) bond motifs is 1. The Morgan fingerprint density at radius 3 is 2.56 bits per heavy atom. The van der Waals surface area contributed by atoms with E-state index in [-0.39, 0.29) is 11.2 Å². The molecule has 9 heteroatoms. The lowest BCUT2D eigenvalue weighted by molar-refractivity contribution is -0.182. The third kappa shape index (κ3) is 3.62. The van der Waals surface area contributed by atoms with Gasteiger partial charge >= 0.3 is 6.18 Å². The van der Waals surface area contributed by atoms with Crippen LogP contribution >= 0.6 is 11.6 Å². The molecule has 2 heterocycles. The van der Waals surface area contributed by atoms with Crippen molar-refractivity contribution < 1.29 is 18.0 Å². The van der Waals surface area contributed by atoms with Crippen LogP contribution in [0.4, 0.5) is 13.2 Å². The van der Waals surface area contributed by atoms with Gasteiger partial charge in [0.15, 0.2) is 5.65 Å². The molecule has 0 aliphatic rings. The minimum atomic E-state index is -4.60. The zero-order valence-electron chi connectivity index (χ0n) is 14.7. The molecule has 0 bridgehead atoms. The van der Waals surface area contributed by atoms with Crippen LogP contribution in [0.5, 0.6) is 0 Å². The van der Waals surface area contributed by atoms with E-state index in [2.05, 4.69) is 10.1 Å². The van der Waals surface area contributed by atoms with Crippen LogP contribution in [0.3, 0.4) is 0 Å². The van der Waals surface area contributed by atoms with Crippen molar-refractivity contribution >= 4 is 23.2 Å². The fourth-order valence-corrected chi connectivity index (χ4v) is 2.68. The van der Waals surface area contributed by atoms with E-state index in [0.29, 0.717) is 16.4 Å². The first kappa shape index (κ1) is 19.2. The Balaban J connectivity index is 2.06. The predicted molar refractivity (Wildman–Crippen MR) is 95.8 cm³/mol. The van der Waals surface area contributed by atoms with Crippen molar-refractivity contribution in [1.82, 2.24) is 19.9 Å². The highest BCUT2D eigenvalue weighted by Gasteiger charge is 2.48. The van der Waals surface area contributed by atoms with Crippen LogP contribution in [0, 0.1) is 6.92 Å². The summed E-state index contributed by atoms with van der Waals surface area (Å²) in [5, 5.41) is 6.59. The van der Waals surface area contributed by atoms with Crippen LogP contribution in [0.2, 0.25) is 5.02 Å². The summed E-state index contributed by atoms with van der Waals surface area (Å²) in [7, 11) is 0. The molecule has 0 aliphatic heterocycles. The van der Waals surface area contributed by atoms with Gasteiger partial charge in [-0.2, -0.15) is 18.3 Å². The monoisotopic (exact) mass is 396 g/mol. The Kier molecular flexibility index (Phi) is 4.63. The van der Waals surface area contributed by atoms with Gasteiger partial charge in [-0.1, -0.05) is 23.7 Å². The van der Waals surface area contributed by atoms with Gasteiger partial charge in [0.2, 0.25) is 0 Å². The van der Waals surface area contributed by atoms with Crippen LogP contribution in [0.1, 0.15) is 29.9 Å². The predicted octanol–water partition coefficient (Wildman–Crippen LogP) is 4.43. The summed E-state index contributed by atoms with van der Waals surface area (Å²) in [6.07, 6.45) is -3.39. The number of alkyl halides is 3. The summed E-state index contributed by atoms with van der Waals surface area (Å²) >= 11 is 6.01. The molecule has 0 atom stereocenters. The zero-order valence-corrected chi connectivity index (χ0v) is 15.5. The summed E-state index contributed by atoms with van der Waals surface area (Å²) in [4.78, 5) is 16.9. The number of carbonyl (C=O) groups excluding carboxylic acids is 1. The van der Waals surface area contributed by atoms with E-state index < -0.39 is 17.6 Å². The maximum Gasteiger partial charge on any atom is 0.410 e. The van der Waals surface area contributed by atoms with Gasteiger partial charge in [0.25, 0.3) is 5.91 Å². The van der Waals surface area contributed by atoms with Crippen molar-refractivity contribution in [1.29, 1.82) is 0 Å². The Hall–Kier alpha value is -2.61. The normalized spacial score (nSPS) is 12.4. The third-order valence-corrected chi connectivity index (χ3v) is 4.38. The Morgan fingerprint density at radius 2 is 1.93 bits per heavy atom. The highest BCUT2D eigenvalue weighted by atomic mass is 35.5. The van der Waals surface area contributed by atoms with E-state index in [1.54, 1.807) is 37.3 Å². The molecular weight excluding hydrogens is 381 g/mol. The van der Waals surface area contributed by atoms with E-state index in [9.17, 15) is 18.0 Å². The van der Waals surface area contributed by atoms with Crippen LogP contribution in [0.15, 0.2) is 36.5 Å². The first-order valence-electron chi connectivity index (χ1n) is 8.00. The highest BCUT2D eigenvalue weighted by Crippen LogP contribution is 2.30. The second kappa shape index (κ2) is 6.53. The molecule has 0 fully saturated rings. The number of nitrogens with zero attached hydrogens (tertiary/aromatic N) is 3. The number of aryl methyl sites for hydroxylation is 1. The number of benzene rings is 1. The Labute approximate surface area is 158 Å². The average Bonchev–Trinajstić information content (AvgIpc) is 2.98. The van der Waals surface area contributed by atoms with Gasteiger partial charge in [0.05, 0.1) is 11.9 Å². The number of carbonyl (C=O) groups is 1. The van der Waals surface area contributed by atoms with Crippen molar-refractivity contribution in [3.05, 3.63) is 52.8 Å². The van der Waals surface area contributed by atoms with Gasteiger partial charge < -0.3 is 5.32 Å². The van der Waals surface area contributed by atoms with Crippen molar-refractivity contribution in [2.75, 3.05) is 0 Å². The molecule has 2 aromatic heterocycles. The minimum absolute atomic E-state index is 0.0423. The number of halogens is 4. The highest BCUT2D eigenvalue weighted by molar-refractivity contribution is 6.30. The standard InChI is InChI=1S/C18H16ClF3N4O/c1-10-7-14(11-5-4-6-12(19)8-11)24-15-13(9-23-26(10)15)16(27)25-17(2,3)18(20,21)22/h4-9H,1-3H3,(H,25,27). The summed E-state index contributed by atoms with van der Waals surface area (Å²) < 4.78 is 40.6. The average molecular weight is 397 g/mol. The fourth-order valence-electron chi connectivity index (χ4n) is 2.49. The molecule has 1 N–H and O–H groups in total. The van der Waals surface area contributed by atoms with Crippen molar-refractivity contribution in [2.24, 2.45) is 0 Å². The largest absolute Gasteiger partial charge is 0.410 e. The van der Waals surface area contributed by atoms with Gasteiger partial charge in [0, 0.05) is 16.3 Å². The second-order valence-electron chi connectivity index (χ2n) is 6.66. The summed E-state index contributed by atoms with van der Waals surface area (Å²) in [6.45, 7) is 3.55. The molecule has 5 nitrogen and oxygen atoms in total. The van der Waals surface area contributed by atoms with Gasteiger partial charge in [-0.15, -0.1) is 0 Å². The minimum Gasteiger partial charge on any atom is -0.338 e. The molecule has 0 radical (unpaired) electrons. The zero-order chi connectivity index (χ0) is 20.0. The quantitative estimate of drug-likeness (QED) is 0.712. The van der Waals surface area contributed by atoms with Crippen molar-refractivity contribution in [3.63, 3.8) is 0 Å². The molecule has 0 aliphatic carbocycles. The number of hydrogen-bond donors (Lipinski definition) is 1. The topological polar surface area (TPSA) is 59.3 Å². The first-order chi connectivity index (χ1) is 12.5. The Bertz CT molecular complexity index is 1030. The van der Waals surface area contributed by atoms with Crippen LogP contribution in [-0.2, 0) is 0 Å². The summed E-state index contributed by atoms with van der Waals surface area (Å²) in [6, 6.07) is 8.74. The maximum absolute atomic E-state index is 13.1. The number of amides is 1. The lowest BCUT2D eigenvalue weighted by atomic mass is 10.0. The maximum atomic E-state index is 13.1. The molecule has 27 heavy (non-hydrogen) atoms. The lowest BCUT2D eigenvalue weighted by Gasteiger charge is -2.28. The first-order valence-corrected chi connectivity index (χ1v) is 8.38. The molecule has 0 saturated carbocycles. The van der Waals surface area contributed by atoms with Gasteiger partial charge in [0.1, 0.15) is 11.1 Å². The van der Waals surface area contributed by atoms with E-state index in [0.717, 1.165) is 19.4 Å². The molecular formula is C18H16ClF3N4O. The SMILES string of the molecule is Cc1cc(-c2cccc(Cl)c2)nc2c(C(=O)NC(C)(C)C(F)(F)F)cnn12.